The summed E-state index contributed by atoms with van der Waals surface area (Å²) in [7, 11) is 0. The minimum absolute atomic E-state index is 0.238. The Balaban J connectivity index is 2.38. The van der Waals surface area contributed by atoms with Gasteiger partial charge in [0.1, 0.15) is 0 Å². The molecule has 0 atom stereocenters. The van der Waals surface area contributed by atoms with Crippen LogP contribution in [-0.2, 0) is 0 Å². The lowest BCUT2D eigenvalue weighted by atomic mass is 9.96. The highest BCUT2D eigenvalue weighted by molar-refractivity contribution is 5.56. The van der Waals surface area contributed by atoms with Crippen molar-refractivity contribution in [2.75, 3.05) is 24.5 Å². The van der Waals surface area contributed by atoms with Crippen LogP contribution in [0.25, 0.3) is 0 Å². The standard InChI is InChI=1S/C15H24N2/c1-12-5-6-13(2)14(11-12)17-10-9-16-8-7-15(17,3)4/h5-6,11,16H,7-10H2,1-4H3. The molecule has 94 valence electrons. The summed E-state index contributed by atoms with van der Waals surface area (Å²) in [5.74, 6) is 0. The quantitative estimate of drug-likeness (QED) is 0.801. The fraction of sp³-hybridized carbons (Fsp3) is 0.600. The van der Waals surface area contributed by atoms with E-state index >= 15 is 0 Å². The molecular weight excluding hydrogens is 208 g/mol. The molecule has 0 aromatic heterocycles. The van der Waals surface area contributed by atoms with Gasteiger partial charge in [-0.25, -0.2) is 0 Å². The fourth-order valence-corrected chi connectivity index (χ4v) is 2.60. The Kier molecular flexibility index (Phi) is 3.43. The lowest BCUT2D eigenvalue weighted by molar-refractivity contribution is 0.453. The highest BCUT2D eigenvalue weighted by Gasteiger charge is 2.29. The third kappa shape index (κ3) is 2.63. The maximum absolute atomic E-state index is 3.50. The molecule has 1 aromatic carbocycles. The smallest absolute Gasteiger partial charge is 0.0403 e. The van der Waals surface area contributed by atoms with Gasteiger partial charge in [0.2, 0.25) is 0 Å². The second-order valence-corrected chi connectivity index (χ2v) is 5.75. The van der Waals surface area contributed by atoms with Crippen molar-refractivity contribution in [3.63, 3.8) is 0 Å². The number of hydrogen-bond donors (Lipinski definition) is 1. The topological polar surface area (TPSA) is 15.3 Å². The van der Waals surface area contributed by atoms with Gasteiger partial charge in [-0.2, -0.15) is 0 Å². The largest absolute Gasteiger partial charge is 0.365 e. The molecule has 1 fully saturated rings. The predicted octanol–water partition coefficient (Wildman–Crippen LogP) is 2.88. The van der Waals surface area contributed by atoms with Crippen molar-refractivity contribution in [2.45, 2.75) is 39.7 Å². The third-order valence-corrected chi connectivity index (χ3v) is 3.81. The molecule has 2 rings (SSSR count). The van der Waals surface area contributed by atoms with Gasteiger partial charge in [-0.15, -0.1) is 0 Å². The van der Waals surface area contributed by atoms with Gasteiger partial charge in [-0.1, -0.05) is 12.1 Å². The molecule has 1 aromatic rings. The van der Waals surface area contributed by atoms with Crippen molar-refractivity contribution in [3.8, 4) is 0 Å². The Bertz CT molecular complexity index is 396. The molecule has 1 aliphatic rings. The first-order valence-electron chi connectivity index (χ1n) is 6.56. The van der Waals surface area contributed by atoms with Crippen molar-refractivity contribution in [2.24, 2.45) is 0 Å². The minimum atomic E-state index is 0.238. The third-order valence-electron chi connectivity index (χ3n) is 3.81. The molecule has 1 N–H and O–H groups in total. The lowest BCUT2D eigenvalue weighted by Crippen LogP contribution is -2.45. The van der Waals surface area contributed by atoms with Crippen LogP contribution in [0.3, 0.4) is 0 Å². The first kappa shape index (κ1) is 12.4. The van der Waals surface area contributed by atoms with Gasteiger partial charge in [0.25, 0.3) is 0 Å². The number of nitrogens with zero attached hydrogens (tertiary/aromatic N) is 1. The van der Waals surface area contributed by atoms with E-state index in [4.69, 9.17) is 0 Å². The zero-order chi connectivity index (χ0) is 12.5. The summed E-state index contributed by atoms with van der Waals surface area (Å²) in [6.07, 6.45) is 1.19. The van der Waals surface area contributed by atoms with Crippen molar-refractivity contribution in [3.05, 3.63) is 29.3 Å². The predicted molar refractivity (Wildman–Crippen MR) is 74.8 cm³/mol. The molecule has 1 aliphatic heterocycles. The zero-order valence-corrected chi connectivity index (χ0v) is 11.5. The Morgan fingerprint density at radius 2 is 1.94 bits per heavy atom. The number of hydrogen-bond acceptors (Lipinski definition) is 2. The summed E-state index contributed by atoms with van der Waals surface area (Å²) >= 11 is 0. The molecule has 2 nitrogen and oxygen atoms in total. The van der Waals surface area contributed by atoms with Crippen LogP contribution in [0.1, 0.15) is 31.4 Å². The van der Waals surface area contributed by atoms with Crippen molar-refractivity contribution >= 4 is 5.69 Å². The summed E-state index contributed by atoms with van der Waals surface area (Å²) in [5.41, 5.74) is 4.37. The number of aryl methyl sites for hydroxylation is 2. The van der Waals surface area contributed by atoms with Gasteiger partial charge in [0.15, 0.2) is 0 Å². The van der Waals surface area contributed by atoms with Gasteiger partial charge in [-0.3, -0.25) is 0 Å². The molecule has 0 radical (unpaired) electrons. The van der Waals surface area contributed by atoms with Crippen LogP contribution in [0.2, 0.25) is 0 Å². The summed E-state index contributed by atoms with van der Waals surface area (Å²) < 4.78 is 0. The van der Waals surface area contributed by atoms with Crippen LogP contribution in [0, 0.1) is 13.8 Å². The van der Waals surface area contributed by atoms with Crippen molar-refractivity contribution in [1.82, 2.24) is 5.32 Å². The highest BCUT2D eigenvalue weighted by Crippen LogP contribution is 2.30. The van der Waals surface area contributed by atoms with E-state index in [9.17, 15) is 0 Å². The van der Waals surface area contributed by atoms with Gasteiger partial charge in [-0.05, 0) is 57.9 Å². The molecule has 0 aliphatic carbocycles. The van der Waals surface area contributed by atoms with Gasteiger partial charge < -0.3 is 10.2 Å². The number of anilines is 1. The Hall–Kier alpha value is -1.02. The van der Waals surface area contributed by atoms with Gasteiger partial charge in [0, 0.05) is 24.3 Å². The van der Waals surface area contributed by atoms with E-state index in [1.54, 1.807) is 0 Å². The van der Waals surface area contributed by atoms with Gasteiger partial charge in [0.05, 0.1) is 0 Å². The maximum atomic E-state index is 3.50. The van der Waals surface area contributed by atoms with E-state index in [1.165, 1.54) is 23.2 Å². The molecule has 0 unspecified atom stereocenters. The van der Waals surface area contributed by atoms with Crippen molar-refractivity contribution in [1.29, 1.82) is 0 Å². The van der Waals surface area contributed by atoms with Gasteiger partial charge >= 0.3 is 0 Å². The average molecular weight is 232 g/mol. The molecule has 1 saturated heterocycles. The van der Waals surface area contributed by atoms with Crippen molar-refractivity contribution < 1.29 is 0 Å². The van der Waals surface area contributed by atoms with E-state index < -0.39 is 0 Å². The van der Waals surface area contributed by atoms with Crippen LogP contribution in [-0.4, -0.2) is 25.2 Å². The monoisotopic (exact) mass is 232 g/mol. The van der Waals surface area contributed by atoms with Crippen LogP contribution >= 0.6 is 0 Å². The first-order valence-corrected chi connectivity index (χ1v) is 6.56. The zero-order valence-electron chi connectivity index (χ0n) is 11.5. The van der Waals surface area contributed by atoms with E-state index in [-0.39, 0.29) is 5.54 Å². The Morgan fingerprint density at radius 3 is 2.71 bits per heavy atom. The van der Waals surface area contributed by atoms with Crippen LogP contribution in [0.15, 0.2) is 18.2 Å². The second kappa shape index (κ2) is 4.69. The highest BCUT2D eigenvalue weighted by atomic mass is 15.2. The summed E-state index contributed by atoms with van der Waals surface area (Å²) in [6.45, 7) is 12.4. The molecular formula is C15H24N2. The second-order valence-electron chi connectivity index (χ2n) is 5.75. The normalized spacial score (nSPS) is 20.1. The first-order chi connectivity index (χ1) is 8.00. The number of rotatable bonds is 1. The number of benzene rings is 1. The fourth-order valence-electron chi connectivity index (χ4n) is 2.60. The van der Waals surface area contributed by atoms with E-state index in [0.717, 1.165) is 19.6 Å². The molecule has 2 heteroatoms. The van der Waals surface area contributed by atoms with E-state index in [1.807, 2.05) is 0 Å². The SMILES string of the molecule is Cc1ccc(C)c(N2CCNCCC2(C)C)c1. The summed E-state index contributed by atoms with van der Waals surface area (Å²) in [4.78, 5) is 2.56. The van der Waals surface area contributed by atoms with Crippen LogP contribution in [0.5, 0.6) is 0 Å². The lowest BCUT2D eigenvalue weighted by Gasteiger charge is -2.40. The summed E-state index contributed by atoms with van der Waals surface area (Å²) in [5, 5.41) is 3.50. The molecule has 1 heterocycles. The molecule has 0 saturated carbocycles. The minimum Gasteiger partial charge on any atom is -0.365 e. The van der Waals surface area contributed by atoms with Crippen LogP contribution in [0.4, 0.5) is 5.69 Å². The Labute approximate surface area is 105 Å². The van der Waals surface area contributed by atoms with E-state index in [0.29, 0.717) is 0 Å². The molecule has 0 amide bonds. The maximum Gasteiger partial charge on any atom is 0.0403 e. The molecule has 0 bridgehead atoms. The number of nitrogens with one attached hydrogen (secondary N) is 1. The van der Waals surface area contributed by atoms with E-state index in [2.05, 4.69) is 56.1 Å². The molecule has 17 heavy (non-hydrogen) atoms. The Morgan fingerprint density at radius 1 is 1.18 bits per heavy atom. The average Bonchev–Trinajstić information content (AvgIpc) is 2.43. The van der Waals surface area contributed by atoms with Crippen LogP contribution < -0.4 is 10.2 Å². The summed E-state index contributed by atoms with van der Waals surface area (Å²) in [6, 6.07) is 6.75. The molecule has 0 spiro atoms.